The topological polar surface area (TPSA) is 70.6 Å². The van der Waals surface area contributed by atoms with Gasteiger partial charge in [0.15, 0.2) is 0 Å². The van der Waals surface area contributed by atoms with Crippen molar-refractivity contribution in [2.45, 2.75) is 59.3 Å². The number of anilines is 1. The summed E-state index contributed by atoms with van der Waals surface area (Å²) in [6.45, 7) is 12.3. The molecule has 29 heavy (non-hydrogen) atoms. The molecule has 0 fully saturated rings. The fraction of sp³-hybridized carbons (Fsp3) is 0.375. The van der Waals surface area contributed by atoms with E-state index in [0.717, 1.165) is 16.8 Å². The molecule has 0 bridgehead atoms. The van der Waals surface area contributed by atoms with Crippen LogP contribution in [0.5, 0.6) is 0 Å². The van der Waals surface area contributed by atoms with Crippen LogP contribution in [0.25, 0.3) is 0 Å². The van der Waals surface area contributed by atoms with E-state index < -0.39 is 0 Å². The number of hydrogen-bond acceptors (Lipinski definition) is 3. The zero-order valence-electron chi connectivity index (χ0n) is 18.2. The van der Waals surface area contributed by atoms with Crippen molar-refractivity contribution in [3.8, 4) is 0 Å². The van der Waals surface area contributed by atoms with Crippen LogP contribution in [0.15, 0.2) is 53.6 Å². The number of nitrogens with one attached hydrogen (secondary N) is 2. The second-order valence-corrected chi connectivity index (χ2v) is 8.58. The Morgan fingerprint density at radius 2 is 1.62 bits per heavy atom. The number of nitrogens with zero attached hydrogens (tertiary/aromatic N) is 1. The largest absolute Gasteiger partial charge is 0.325 e. The summed E-state index contributed by atoms with van der Waals surface area (Å²) < 4.78 is 0. The molecular weight excluding hydrogens is 362 g/mol. The molecule has 0 unspecified atom stereocenters. The van der Waals surface area contributed by atoms with Crippen LogP contribution in [0.4, 0.5) is 5.69 Å². The van der Waals surface area contributed by atoms with Crippen molar-refractivity contribution in [1.82, 2.24) is 5.43 Å². The number of para-hydroxylation sites is 1. The highest BCUT2D eigenvalue weighted by molar-refractivity contribution is 6.06. The third kappa shape index (κ3) is 6.56. The summed E-state index contributed by atoms with van der Waals surface area (Å²) in [5, 5.41) is 7.00. The van der Waals surface area contributed by atoms with Gasteiger partial charge >= 0.3 is 0 Å². The first-order valence-corrected chi connectivity index (χ1v) is 9.90. The van der Waals surface area contributed by atoms with Gasteiger partial charge in [0, 0.05) is 17.0 Å². The van der Waals surface area contributed by atoms with E-state index in [2.05, 4.69) is 50.5 Å². The maximum Gasteiger partial charge on any atom is 0.271 e. The lowest BCUT2D eigenvalue weighted by atomic mass is 9.87. The van der Waals surface area contributed by atoms with E-state index in [4.69, 9.17) is 0 Å². The van der Waals surface area contributed by atoms with Gasteiger partial charge in [-0.3, -0.25) is 9.59 Å². The number of hydrazone groups is 1. The van der Waals surface area contributed by atoms with Crippen molar-refractivity contribution >= 4 is 23.2 Å². The van der Waals surface area contributed by atoms with Crippen molar-refractivity contribution < 1.29 is 9.59 Å². The van der Waals surface area contributed by atoms with Crippen LogP contribution in [0.1, 0.15) is 75.4 Å². The Balaban J connectivity index is 1.94. The highest BCUT2D eigenvalue weighted by atomic mass is 16.2. The van der Waals surface area contributed by atoms with Gasteiger partial charge in [-0.1, -0.05) is 65.0 Å². The third-order valence-corrected chi connectivity index (χ3v) is 4.63. The molecular formula is C24H31N3O2. The van der Waals surface area contributed by atoms with Gasteiger partial charge in [-0.2, -0.15) is 5.10 Å². The SMILES string of the molecule is C/C(CC(=O)Nc1ccccc1C(C)C)=N\NC(=O)c1ccc(C(C)(C)C)cc1. The summed E-state index contributed by atoms with van der Waals surface area (Å²) in [5.74, 6) is -0.149. The molecule has 0 spiro atoms. The van der Waals surface area contributed by atoms with Crippen LogP contribution >= 0.6 is 0 Å². The van der Waals surface area contributed by atoms with Crippen molar-refractivity contribution in [2.75, 3.05) is 5.32 Å². The first kappa shape index (κ1) is 22.3. The molecule has 0 saturated heterocycles. The molecule has 0 aliphatic rings. The normalized spacial score (nSPS) is 12.0. The molecule has 2 aromatic carbocycles. The minimum Gasteiger partial charge on any atom is -0.325 e. The van der Waals surface area contributed by atoms with Crippen LogP contribution in [0.2, 0.25) is 0 Å². The zero-order valence-corrected chi connectivity index (χ0v) is 18.2. The lowest BCUT2D eigenvalue weighted by Crippen LogP contribution is -2.22. The smallest absolute Gasteiger partial charge is 0.271 e. The molecule has 2 rings (SSSR count). The summed E-state index contributed by atoms with van der Waals surface area (Å²) in [7, 11) is 0. The average molecular weight is 394 g/mol. The molecule has 0 radical (unpaired) electrons. The fourth-order valence-electron chi connectivity index (χ4n) is 2.91. The molecule has 2 amide bonds. The van der Waals surface area contributed by atoms with Gasteiger partial charge < -0.3 is 5.32 Å². The van der Waals surface area contributed by atoms with Gasteiger partial charge in [-0.15, -0.1) is 0 Å². The summed E-state index contributed by atoms with van der Waals surface area (Å²) in [4.78, 5) is 24.6. The van der Waals surface area contributed by atoms with Gasteiger partial charge in [-0.05, 0) is 47.6 Å². The van der Waals surface area contributed by atoms with Gasteiger partial charge in [0.2, 0.25) is 5.91 Å². The number of carbonyl (C=O) groups excluding carboxylic acids is 2. The lowest BCUT2D eigenvalue weighted by Gasteiger charge is -2.18. The Labute approximate surface area is 173 Å². The van der Waals surface area contributed by atoms with E-state index in [1.807, 2.05) is 36.4 Å². The monoisotopic (exact) mass is 393 g/mol. The van der Waals surface area contributed by atoms with Crippen LogP contribution in [0.3, 0.4) is 0 Å². The highest BCUT2D eigenvalue weighted by Crippen LogP contribution is 2.24. The fourth-order valence-corrected chi connectivity index (χ4v) is 2.91. The van der Waals surface area contributed by atoms with E-state index in [1.54, 1.807) is 19.1 Å². The second-order valence-electron chi connectivity index (χ2n) is 8.58. The summed E-state index contributed by atoms with van der Waals surface area (Å²) >= 11 is 0. The van der Waals surface area contributed by atoms with E-state index in [0.29, 0.717) is 17.2 Å². The molecule has 0 saturated carbocycles. The van der Waals surface area contributed by atoms with Crippen molar-refractivity contribution in [1.29, 1.82) is 0 Å². The van der Waals surface area contributed by atoms with Gasteiger partial charge in [0.05, 0.1) is 6.42 Å². The van der Waals surface area contributed by atoms with Crippen LogP contribution in [0, 0.1) is 0 Å². The Morgan fingerprint density at radius 1 is 1.00 bits per heavy atom. The maximum atomic E-state index is 12.3. The first-order valence-electron chi connectivity index (χ1n) is 9.90. The van der Waals surface area contributed by atoms with Crippen LogP contribution in [-0.2, 0) is 10.2 Å². The summed E-state index contributed by atoms with van der Waals surface area (Å²) in [6.07, 6.45) is 0.107. The standard InChI is InChI=1S/C24H31N3O2/c1-16(2)20-9-7-8-10-21(20)25-22(28)15-17(3)26-27-23(29)18-11-13-19(14-12-18)24(4,5)6/h7-14,16H,15H2,1-6H3,(H,25,28)(H,27,29)/b26-17+. The third-order valence-electron chi connectivity index (χ3n) is 4.63. The summed E-state index contributed by atoms with van der Waals surface area (Å²) in [6, 6.07) is 15.2. The maximum absolute atomic E-state index is 12.3. The number of carbonyl (C=O) groups is 2. The Hall–Kier alpha value is -2.95. The Morgan fingerprint density at radius 3 is 2.21 bits per heavy atom. The molecule has 2 aromatic rings. The quantitative estimate of drug-likeness (QED) is 0.520. The Kier molecular flexibility index (Phi) is 7.32. The molecule has 0 aromatic heterocycles. The Bertz CT molecular complexity index is 891. The van der Waals surface area contributed by atoms with Gasteiger partial charge in [-0.25, -0.2) is 5.43 Å². The minimum absolute atomic E-state index is 0.0330. The van der Waals surface area contributed by atoms with Gasteiger partial charge in [0.1, 0.15) is 0 Å². The van der Waals surface area contributed by atoms with Crippen molar-refractivity contribution in [3.05, 3.63) is 65.2 Å². The predicted octanol–water partition coefficient (Wildman–Crippen LogP) is 5.24. The molecule has 154 valence electrons. The lowest BCUT2D eigenvalue weighted by molar-refractivity contribution is -0.115. The predicted molar refractivity (Wildman–Crippen MR) is 119 cm³/mol. The van der Waals surface area contributed by atoms with E-state index in [9.17, 15) is 9.59 Å². The molecule has 0 aliphatic heterocycles. The summed E-state index contributed by atoms with van der Waals surface area (Å²) in [5.41, 5.74) is 6.68. The van der Waals surface area contributed by atoms with E-state index in [-0.39, 0.29) is 23.7 Å². The van der Waals surface area contributed by atoms with Crippen LogP contribution in [-0.4, -0.2) is 17.5 Å². The molecule has 0 aliphatic carbocycles. The second kappa shape index (κ2) is 9.50. The highest BCUT2D eigenvalue weighted by Gasteiger charge is 2.14. The number of amides is 2. The molecule has 5 heteroatoms. The average Bonchev–Trinajstić information content (AvgIpc) is 2.65. The molecule has 0 atom stereocenters. The minimum atomic E-state index is -0.296. The van der Waals surface area contributed by atoms with Crippen LogP contribution < -0.4 is 10.7 Å². The van der Waals surface area contributed by atoms with Crippen molar-refractivity contribution in [3.63, 3.8) is 0 Å². The zero-order chi connectivity index (χ0) is 21.6. The van der Waals surface area contributed by atoms with E-state index >= 15 is 0 Å². The number of benzene rings is 2. The van der Waals surface area contributed by atoms with Crippen molar-refractivity contribution in [2.24, 2.45) is 5.10 Å². The number of hydrogen-bond donors (Lipinski definition) is 2. The van der Waals surface area contributed by atoms with E-state index in [1.165, 1.54) is 0 Å². The van der Waals surface area contributed by atoms with Gasteiger partial charge in [0.25, 0.3) is 5.91 Å². The molecule has 2 N–H and O–H groups in total. The first-order chi connectivity index (χ1) is 13.6. The number of rotatable bonds is 6. The molecule has 5 nitrogen and oxygen atoms in total. The molecule has 0 heterocycles.